The molecule has 2 aromatic rings. The van der Waals surface area contributed by atoms with Crippen LogP contribution in [0.3, 0.4) is 0 Å². The van der Waals surface area contributed by atoms with Gasteiger partial charge in [-0.15, -0.1) is 0 Å². The molecule has 0 aliphatic carbocycles. The Morgan fingerprint density at radius 1 is 1.53 bits per heavy atom. The van der Waals surface area contributed by atoms with Gasteiger partial charge in [0, 0.05) is 6.54 Å². The summed E-state index contributed by atoms with van der Waals surface area (Å²) in [6, 6.07) is 4.63. The summed E-state index contributed by atoms with van der Waals surface area (Å²) in [5, 5.41) is 5.56. The van der Waals surface area contributed by atoms with Gasteiger partial charge in [-0.05, 0) is 25.1 Å². The van der Waals surface area contributed by atoms with Crippen molar-refractivity contribution in [1.29, 1.82) is 0 Å². The van der Waals surface area contributed by atoms with Crippen LogP contribution >= 0.6 is 0 Å². The van der Waals surface area contributed by atoms with Gasteiger partial charge in [0.2, 0.25) is 0 Å². The van der Waals surface area contributed by atoms with Gasteiger partial charge in [0.1, 0.15) is 17.4 Å². The summed E-state index contributed by atoms with van der Waals surface area (Å²) in [6.45, 7) is 2.71. The molecule has 2 aromatic heterocycles. The van der Waals surface area contributed by atoms with Crippen LogP contribution in [0.25, 0.3) is 0 Å². The van der Waals surface area contributed by atoms with Gasteiger partial charge >= 0.3 is 0 Å². The first-order chi connectivity index (χ1) is 9.20. The third kappa shape index (κ3) is 3.31. The zero-order valence-corrected chi connectivity index (χ0v) is 10.4. The van der Waals surface area contributed by atoms with E-state index in [1.807, 2.05) is 6.92 Å². The van der Waals surface area contributed by atoms with E-state index >= 15 is 0 Å². The van der Waals surface area contributed by atoms with E-state index in [1.54, 1.807) is 12.1 Å². The quantitative estimate of drug-likeness (QED) is 0.867. The van der Waals surface area contributed by atoms with Crippen LogP contribution in [0.15, 0.2) is 35.1 Å². The predicted octanol–water partition coefficient (Wildman–Crippen LogP) is 2.18. The number of hydrogen-bond acceptors (Lipinski definition) is 4. The molecular weight excluding hydrogens is 249 g/mol. The number of pyridine rings is 1. The lowest BCUT2D eigenvalue weighted by atomic mass is 10.2. The van der Waals surface area contributed by atoms with E-state index in [0.717, 1.165) is 12.3 Å². The lowest BCUT2D eigenvalue weighted by Gasteiger charge is -2.09. The van der Waals surface area contributed by atoms with E-state index in [1.165, 1.54) is 6.26 Å². The zero-order valence-electron chi connectivity index (χ0n) is 10.4. The smallest absolute Gasteiger partial charge is 0.255 e. The number of anilines is 1. The van der Waals surface area contributed by atoms with Crippen LogP contribution in [0.2, 0.25) is 0 Å². The van der Waals surface area contributed by atoms with Crippen LogP contribution in [0.5, 0.6) is 0 Å². The molecule has 0 radical (unpaired) electrons. The van der Waals surface area contributed by atoms with Crippen molar-refractivity contribution in [3.8, 4) is 0 Å². The van der Waals surface area contributed by atoms with E-state index in [2.05, 4.69) is 15.6 Å². The first-order valence-corrected chi connectivity index (χ1v) is 5.90. The fourth-order valence-corrected chi connectivity index (χ4v) is 1.60. The van der Waals surface area contributed by atoms with Crippen LogP contribution in [0, 0.1) is 5.82 Å². The molecule has 0 saturated carbocycles. The van der Waals surface area contributed by atoms with Gasteiger partial charge < -0.3 is 15.1 Å². The van der Waals surface area contributed by atoms with Crippen LogP contribution in [-0.2, 0) is 6.54 Å². The van der Waals surface area contributed by atoms with Crippen molar-refractivity contribution in [2.45, 2.75) is 13.5 Å². The fraction of sp³-hybridized carbons (Fsp3) is 0.231. The Balaban J connectivity index is 2.11. The topological polar surface area (TPSA) is 67.2 Å². The second-order valence-electron chi connectivity index (χ2n) is 3.84. The lowest BCUT2D eigenvalue weighted by molar-refractivity contribution is 0.0948. The maximum Gasteiger partial charge on any atom is 0.255 e. The Labute approximate surface area is 109 Å². The average molecular weight is 263 g/mol. The zero-order chi connectivity index (χ0) is 13.7. The summed E-state index contributed by atoms with van der Waals surface area (Å²) in [5.41, 5.74) is 0.174. The molecule has 5 nitrogen and oxygen atoms in total. The molecule has 2 rings (SSSR count). The Morgan fingerprint density at radius 3 is 3.05 bits per heavy atom. The highest BCUT2D eigenvalue weighted by Gasteiger charge is 2.13. The molecule has 0 unspecified atom stereocenters. The van der Waals surface area contributed by atoms with E-state index in [4.69, 9.17) is 4.42 Å². The number of nitrogens with zero attached hydrogens (tertiary/aromatic N) is 1. The van der Waals surface area contributed by atoms with Crippen molar-refractivity contribution >= 4 is 11.7 Å². The molecule has 1 amide bonds. The van der Waals surface area contributed by atoms with Gasteiger partial charge in [-0.25, -0.2) is 9.37 Å². The molecule has 100 valence electrons. The second kappa shape index (κ2) is 5.99. The van der Waals surface area contributed by atoms with Gasteiger partial charge in [0.25, 0.3) is 5.91 Å². The van der Waals surface area contributed by atoms with E-state index in [0.29, 0.717) is 18.1 Å². The number of halogens is 1. The molecule has 0 atom stereocenters. The number of carbonyl (C=O) groups is 1. The molecule has 0 bridgehead atoms. The highest BCUT2D eigenvalue weighted by atomic mass is 19.1. The minimum absolute atomic E-state index is 0.174. The molecule has 0 spiro atoms. The maximum atomic E-state index is 13.2. The molecule has 2 N–H and O–H groups in total. The van der Waals surface area contributed by atoms with E-state index < -0.39 is 11.7 Å². The molecule has 19 heavy (non-hydrogen) atoms. The molecule has 0 aliphatic rings. The van der Waals surface area contributed by atoms with Crippen molar-refractivity contribution in [3.05, 3.63) is 47.8 Å². The molecule has 0 saturated heterocycles. The Kier molecular flexibility index (Phi) is 4.12. The number of aromatic nitrogens is 1. The van der Waals surface area contributed by atoms with Crippen LogP contribution in [0.4, 0.5) is 10.2 Å². The van der Waals surface area contributed by atoms with Gasteiger partial charge in [0.15, 0.2) is 0 Å². The standard InChI is InChI=1S/C13H14FN3O2/c1-2-15-12-11(6-9(14)7-16-12)13(18)17-8-10-4-3-5-19-10/h3-7H,2,8H2,1H3,(H,15,16)(H,17,18). The monoisotopic (exact) mass is 263 g/mol. The minimum atomic E-state index is -0.551. The Hall–Kier alpha value is -2.37. The third-order valence-corrected chi connectivity index (χ3v) is 2.45. The van der Waals surface area contributed by atoms with Crippen molar-refractivity contribution in [3.63, 3.8) is 0 Å². The maximum absolute atomic E-state index is 13.2. The highest BCUT2D eigenvalue weighted by Crippen LogP contribution is 2.13. The predicted molar refractivity (Wildman–Crippen MR) is 68.2 cm³/mol. The molecule has 2 heterocycles. The van der Waals surface area contributed by atoms with Crippen LogP contribution in [-0.4, -0.2) is 17.4 Å². The number of carbonyl (C=O) groups excluding carboxylic acids is 1. The lowest BCUT2D eigenvalue weighted by Crippen LogP contribution is -2.24. The second-order valence-corrected chi connectivity index (χ2v) is 3.84. The molecule has 0 aromatic carbocycles. The molecular formula is C13H14FN3O2. The summed E-state index contributed by atoms with van der Waals surface area (Å²) >= 11 is 0. The molecule has 0 aliphatic heterocycles. The Morgan fingerprint density at radius 2 is 2.37 bits per heavy atom. The summed E-state index contributed by atoms with van der Waals surface area (Å²) in [4.78, 5) is 15.9. The van der Waals surface area contributed by atoms with E-state index in [-0.39, 0.29) is 12.1 Å². The highest BCUT2D eigenvalue weighted by molar-refractivity contribution is 5.98. The number of furan rings is 1. The fourth-order valence-electron chi connectivity index (χ4n) is 1.60. The van der Waals surface area contributed by atoms with Crippen molar-refractivity contribution in [2.75, 3.05) is 11.9 Å². The van der Waals surface area contributed by atoms with Crippen LogP contribution < -0.4 is 10.6 Å². The van der Waals surface area contributed by atoms with Crippen molar-refractivity contribution in [2.24, 2.45) is 0 Å². The summed E-state index contributed by atoms with van der Waals surface area (Å²) in [6.07, 6.45) is 2.59. The summed E-state index contributed by atoms with van der Waals surface area (Å²) in [7, 11) is 0. The van der Waals surface area contributed by atoms with Gasteiger partial charge in [-0.2, -0.15) is 0 Å². The van der Waals surface area contributed by atoms with Crippen LogP contribution in [0.1, 0.15) is 23.0 Å². The largest absolute Gasteiger partial charge is 0.467 e. The summed E-state index contributed by atoms with van der Waals surface area (Å²) < 4.78 is 18.3. The Bertz CT molecular complexity index is 555. The molecule has 0 fully saturated rings. The van der Waals surface area contributed by atoms with Gasteiger partial charge in [-0.3, -0.25) is 4.79 Å². The first-order valence-electron chi connectivity index (χ1n) is 5.90. The average Bonchev–Trinajstić information content (AvgIpc) is 2.91. The van der Waals surface area contributed by atoms with Crippen molar-refractivity contribution in [1.82, 2.24) is 10.3 Å². The SMILES string of the molecule is CCNc1ncc(F)cc1C(=O)NCc1ccco1. The van der Waals surface area contributed by atoms with E-state index in [9.17, 15) is 9.18 Å². The van der Waals surface area contributed by atoms with Gasteiger partial charge in [-0.1, -0.05) is 0 Å². The first kappa shape index (κ1) is 13.1. The normalized spacial score (nSPS) is 10.2. The number of rotatable bonds is 5. The molecule has 6 heteroatoms. The number of nitrogens with one attached hydrogen (secondary N) is 2. The van der Waals surface area contributed by atoms with Crippen molar-refractivity contribution < 1.29 is 13.6 Å². The van der Waals surface area contributed by atoms with Gasteiger partial charge in [0.05, 0.1) is 24.6 Å². The third-order valence-electron chi connectivity index (χ3n) is 2.45. The number of hydrogen-bond donors (Lipinski definition) is 2. The summed E-state index contributed by atoms with van der Waals surface area (Å²) in [5.74, 6) is 0.0349. The minimum Gasteiger partial charge on any atom is -0.467 e. The number of amides is 1.